The van der Waals surface area contributed by atoms with Crippen LogP contribution in [0.3, 0.4) is 0 Å². The molecule has 1 aromatic rings. The van der Waals surface area contributed by atoms with Gasteiger partial charge in [-0.1, -0.05) is 12.1 Å². The van der Waals surface area contributed by atoms with Crippen molar-refractivity contribution in [3.05, 3.63) is 35.6 Å². The van der Waals surface area contributed by atoms with Crippen LogP contribution >= 0.6 is 0 Å². The van der Waals surface area contributed by atoms with Crippen LogP contribution in [0.5, 0.6) is 0 Å². The van der Waals surface area contributed by atoms with E-state index in [9.17, 15) is 4.39 Å². The molecule has 1 aliphatic rings. The lowest BCUT2D eigenvalue weighted by Crippen LogP contribution is -2.53. The predicted molar refractivity (Wildman–Crippen MR) is 72.9 cm³/mol. The van der Waals surface area contributed by atoms with Gasteiger partial charge in [-0.3, -0.25) is 9.80 Å². The van der Waals surface area contributed by atoms with Gasteiger partial charge < -0.3 is 0 Å². The molecule has 0 amide bonds. The fraction of sp³-hybridized carbons (Fsp3) is 0.533. The predicted octanol–water partition coefficient (Wildman–Crippen LogP) is 2.25. The summed E-state index contributed by atoms with van der Waals surface area (Å²) in [6.07, 6.45) is 0. The van der Waals surface area contributed by atoms with Crippen molar-refractivity contribution in [2.45, 2.75) is 25.9 Å². The first-order chi connectivity index (χ1) is 9.01. The Labute approximate surface area is 114 Å². The van der Waals surface area contributed by atoms with E-state index in [0.717, 1.165) is 38.3 Å². The number of benzene rings is 1. The Kier molecular flexibility index (Phi) is 4.18. The molecule has 19 heavy (non-hydrogen) atoms. The summed E-state index contributed by atoms with van der Waals surface area (Å²) >= 11 is 0. The zero-order chi connectivity index (χ0) is 13.9. The van der Waals surface area contributed by atoms with Crippen LogP contribution in [0.2, 0.25) is 0 Å². The normalized spacial score (nSPS) is 18.2. The van der Waals surface area contributed by atoms with Crippen molar-refractivity contribution < 1.29 is 4.39 Å². The third-order valence-electron chi connectivity index (χ3n) is 3.73. The maximum atomic E-state index is 13.1. The van der Waals surface area contributed by atoms with E-state index in [-0.39, 0.29) is 5.82 Å². The van der Waals surface area contributed by atoms with E-state index in [1.54, 1.807) is 12.1 Å². The van der Waals surface area contributed by atoms with Crippen LogP contribution in [0.1, 0.15) is 19.4 Å². The maximum absolute atomic E-state index is 13.1. The second-order valence-electron chi connectivity index (χ2n) is 5.56. The molecule has 102 valence electrons. The lowest BCUT2D eigenvalue weighted by molar-refractivity contribution is 0.0763. The zero-order valence-corrected chi connectivity index (χ0v) is 11.6. The van der Waals surface area contributed by atoms with Crippen molar-refractivity contribution in [2.75, 3.05) is 26.2 Å². The summed E-state index contributed by atoms with van der Waals surface area (Å²) in [4.78, 5) is 4.51. The van der Waals surface area contributed by atoms with E-state index in [1.165, 1.54) is 6.07 Å². The first kappa shape index (κ1) is 14.0. The van der Waals surface area contributed by atoms with Crippen LogP contribution in [0.4, 0.5) is 4.39 Å². The average molecular weight is 261 g/mol. The molecule has 0 unspecified atom stereocenters. The molecule has 1 aliphatic heterocycles. The van der Waals surface area contributed by atoms with E-state index in [0.29, 0.717) is 0 Å². The van der Waals surface area contributed by atoms with Crippen LogP contribution in [0.15, 0.2) is 24.3 Å². The summed E-state index contributed by atoms with van der Waals surface area (Å²) in [5.74, 6) is -0.179. The van der Waals surface area contributed by atoms with Gasteiger partial charge in [-0.15, -0.1) is 0 Å². The quantitative estimate of drug-likeness (QED) is 0.836. The smallest absolute Gasteiger partial charge is 0.123 e. The van der Waals surface area contributed by atoms with E-state index < -0.39 is 5.54 Å². The Morgan fingerprint density at radius 1 is 1.26 bits per heavy atom. The first-order valence-electron chi connectivity index (χ1n) is 6.64. The van der Waals surface area contributed by atoms with E-state index >= 15 is 0 Å². The van der Waals surface area contributed by atoms with Crippen molar-refractivity contribution in [2.24, 2.45) is 0 Å². The van der Waals surface area contributed by atoms with Crippen molar-refractivity contribution in [3.8, 4) is 6.07 Å². The van der Waals surface area contributed by atoms with Gasteiger partial charge in [0.1, 0.15) is 11.4 Å². The summed E-state index contributed by atoms with van der Waals surface area (Å²) in [5.41, 5.74) is 0.610. The molecule has 2 rings (SSSR count). The van der Waals surface area contributed by atoms with Crippen LogP contribution < -0.4 is 0 Å². The Morgan fingerprint density at radius 3 is 2.53 bits per heavy atom. The van der Waals surface area contributed by atoms with Gasteiger partial charge in [0.25, 0.3) is 0 Å². The second kappa shape index (κ2) is 5.68. The summed E-state index contributed by atoms with van der Waals surface area (Å²) < 4.78 is 13.1. The lowest BCUT2D eigenvalue weighted by Gasteiger charge is -2.40. The summed E-state index contributed by atoms with van der Waals surface area (Å²) in [6, 6.07) is 9.10. The standard InChI is InChI=1S/C15H20FN3/c1-15(2,12-17)19-8-6-18(7-9-19)11-13-4-3-5-14(16)10-13/h3-5,10H,6-9,11H2,1-2H3. The van der Waals surface area contributed by atoms with Gasteiger partial charge in [0.05, 0.1) is 6.07 Å². The Hall–Kier alpha value is -1.44. The fourth-order valence-electron chi connectivity index (χ4n) is 2.43. The number of rotatable bonds is 3. The molecule has 0 bridgehead atoms. The molecule has 1 aromatic carbocycles. The summed E-state index contributed by atoms with van der Waals surface area (Å²) in [7, 11) is 0. The van der Waals surface area contributed by atoms with Crippen molar-refractivity contribution in [1.82, 2.24) is 9.80 Å². The SMILES string of the molecule is CC(C)(C#N)N1CCN(Cc2cccc(F)c2)CC1. The zero-order valence-electron chi connectivity index (χ0n) is 11.6. The highest BCUT2D eigenvalue weighted by atomic mass is 19.1. The van der Waals surface area contributed by atoms with Crippen molar-refractivity contribution in [1.29, 1.82) is 5.26 Å². The molecular weight excluding hydrogens is 241 g/mol. The highest BCUT2D eigenvalue weighted by Gasteiger charge is 2.29. The van der Waals surface area contributed by atoms with Crippen LogP contribution in [0, 0.1) is 17.1 Å². The minimum absolute atomic E-state index is 0.179. The molecule has 0 radical (unpaired) electrons. The van der Waals surface area contributed by atoms with E-state index in [2.05, 4.69) is 15.9 Å². The number of nitrogens with zero attached hydrogens (tertiary/aromatic N) is 3. The van der Waals surface area contributed by atoms with Crippen molar-refractivity contribution in [3.63, 3.8) is 0 Å². The Balaban J connectivity index is 1.89. The lowest BCUT2D eigenvalue weighted by atomic mass is 10.0. The molecule has 3 nitrogen and oxygen atoms in total. The minimum Gasteiger partial charge on any atom is -0.297 e. The van der Waals surface area contributed by atoms with Gasteiger partial charge in [0, 0.05) is 32.7 Å². The fourth-order valence-corrected chi connectivity index (χ4v) is 2.43. The molecule has 0 atom stereocenters. The monoisotopic (exact) mass is 261 g/mol. The van der Waals surface area contributed by atoms with Crippen LogP contribution in [0.25, 0.3) is 0 Å². The number of hydrogen-bond donors (Lipinski definition) is 0. The van der Waals surface area contributed by atoms with Gasteiger partial charge in [-0.2, -0.15) is 5.26 Å². The Morgan fingerprint density at radius 2 is 1.95 bits per heavy atom. The molecule has 0 spiro atoms. The number of nitriles is 1. The van der Waals surface area contributed by atoms with Crippen molar-refractivity contribution >= 4 is 0 Å². The Bertz CT molecular complexity index is 471. The summed E-state index contributed by atoms with van der Waals surface area (Å²) in [5, 5.41) is 9.13. The van der Waals surface area contributed by atoms with Crippen LogP contribution in [-0.4, -0.2) is 41.5 Å². The topological polar surface area (TPSA) is 30.3 Å². The average Bonchev–Trinajstić information content (AvgIpc) is 2.39. The minimum atomic E-state index is -0.398. The van der Waals surface area contributed by atoms with Crippen LogP contribution in [-0.2, 0) is 6.54 Å². The maximum Gasteiger partial charge on any atom is 0.123 e. The number of halogens is 1. The molecule has 0 aromatic heterocycles. The van der Waals surface area contributed by atoms with Gasteiger partial charge >= 0.3 is 0 Å². The van der Waals surface area contributed by atoms with E-state index in [1.807, 2.05) is 19.9 Å². The highest BCUT2D eigenvalue weighted by Crippen LogP contribution is 2.17. The third-order valence-corrected chi connectivity index (χ3v) is 3.73. The number of hydrogen-bond acceptors (Lipinski definition) is 3. The molecular formula is C15H20FN3. The summed E-state index contributed by atoms with van der Waals surface area (Å²) in [6.45, 7) is 8.29. The first-order valence-corrected chi connectivity index (χ1v) is 6.64. The molecule has 1 saturated heterocycles. The second-order valence-corrected chi connectivity index (χ2v) is 5.56. The highest BCUT2D eigenvalue weighted by molar-refractivity contribution is 5.16. The number of piperazine rings is 1. The molecule has 0 saturated carbocycles. The van der Waals surface area contributed by atoms with Gasteiger partial charge in [-0.25, -0.2) is 4.39 Å². The molecule has 0 aliphatic carbocycles. The molecule has 0 N–H and O–H groups in total. The van der Waals surface area contributed by atoms with Gasteiger partial charge in [0.15, 0.2) is 0 Å². The van der Waals surface area contributed by atoms with E-state index in [4.69, 9.17) is 5.26 Å². The molecule has 4 heteroatoms. The molecule has 1 heterocycles. The largest absolute Gasteiger partial charge is 0.297 e. The van der Waals surface area contributed by atoms with Gasteiger partial charge in [0.2, 0.25) is 0 Å². The molecule has 1 fully saturated rings. The third kappa shape index (κ3) is 3.52. The van der Waals surface area contributed by atoms with Gasteiger partial charge in [-0.05, 0) is 31.5 Å².